The summed E-state index contributed by atoms with van der Waals surface area (Å²) in [5, 5.41) is 22.4. The van der Waals surface area contributed by atoms with Crippen molar-refractivity contribution in [1.29, 1.82) is 5.26 Å². The van der Waals surface area contributed by atoms with E-state index < -0.39 is 11.2 Å². The number of hydrogen-bond donors (Lipinski definition) is 1. The molecule has 34 heavy (non-hydrogen) atoms. The number of rotatable bonds is 4. The third-order valence-corrected chi connectivity index (χ3v) is 8.06. The quantitative estimate of drug-likeness (QED) is 0.581. The Balaban J connectivity index is 1.57. The maximum atomic E-state index is 12.6. The predicted molar refractivity (Wildman–Crippen MR) is 130 cm³/mol. The number of nitriles is 1. The topological polar surface area (TPSA) is 69.4 Å². The van der Waals surface area contributed by atoms with Gasteiger partial charge in [0.25, 0.3) is 0 Å². The van der Waals surface area contributed by atoms with Gasteiger partial charge in [0.2, 0.25) is 0 Å². The van der Waals surface area contributed by atoms with Gasteiger partial charge in [-0.25, -0.2) is 0 Å². The van der Waals surface area contributed by atoms with Crippen molar-refractivity contribution in [3.8, 4) is 11.8 Å². The number of benzene rings is 2. The second kappa shape index (κ2) is 8.09. The maximum absolute atomic E-state index is 12.6. The number of aromatic nitrogens is 1. The van der Waals surface area contributed by atoms with Gasteiger partial charge in [0.1, 0.15) is 11.4 Å². The molecule has 3 aliphatic rings. The van der Waals surface area contributed by atoms with Gasteiger partial charge in [-0.15, -0.1) is 0 Å². The van der Waals surface area contributed by atoms with Gasteiger partial charge in [-0.1, -0.05) is 54.1 Å². The van der Waals surface area contributed by atoms with Gasteiger partial charge >= 0.3 is 0 Å². The highest BCUT2D eigenvalue weighted by Gasteiger charge is 2.72. The first-order valence-corrected chi connectivity index (χ1v) is 12.3. The molecule has 0 amide bonds. The van der Waals surface area contributed by atoms with Crippen molar-refractivity contribution in [3.05, 3.63) is 94.3 Å². The van der Waals surface area contributed by atoms with Crippen molar-refractivity contribution in [2.45, 2.75) is 36.4 Å². The Morgan fingerprint density at radius 3 is 2.56 bits per heavy atom. The number of pyridine rings is 1. The highest BCUT2D eigenvalue weighted by Crippen LogP contribution is 2.68. The van der Waals surface area contributed by atoms with Crippen LogP contribution < -0.4 is 4.74 Å². The second-order valence-corrected chi connectivity index (χ2v) is 10.2. The lowest BCUT2D eigenvalue weighted by molar-refractivity contribution is -0.107. The van der Waals surface area contributed by atoms with Gasteiger partial charge in [-0.2, -0.15) is 5.26 Å². The minimum atomic E-state index is -1.33. The van der Waals surface area contributed by atoms with Crippen LogP contribution in [0, 0.1) is 17.2 Å². The Kier molecular flexibility index (Phi) is 5.14. The third-order valence-electron chi connectivity index (χ3n) is 7.86. The van der Waals surface area contributed by atoms with Crippen LogP contribution in [0.5, 0.6) is 5.75 Å². The molecule has 172 valence electrons. The highest BCUT2D eigenvalue weighted by molar-refractivity contribution is 6.30. The molecule has 1 aromatic heterocycles. The lowest BCUT2D eigenvalue weighted by atomic mass is 9.71. The van der Waals surface area contributed by atoms with Gasteiger partial charge in [0.15, 0.2) is 11.2 Å². The summed E-state index contributed by atoms with van der Waals surface area (Å²) >= 11 is 6.28. The monoisotopic (exact) mass is 471 g/mol. The summed E-state index contributed by atoms with van der Waals surface area (Å²) in [5.41, 5.74) is 0.694. The van der Waals surface area contributed by atoms with E-state index in [0.717, 1.165) is 30.8 Å². The molecule has 6 rings (SSSR count). The fourth-order valence-electron chi connectivity index (χ4n) is 6.54. The van der Waals surface area contributed by atoms with E-state index in [1.54, 1.807) is 24.4 Å². The Hall–Kier alpha value is -2.91. The maximum Gasteiger partial charge on any atom is 0.175 e. The van der Waals surface area contributed by atoms with E-state index in [-0.39, 0.29) is 11.8 Å². The molecule has 1 saturated heterocycles. The molecule has 3 aromatic rings. The van der Waals surface area contributed by atoms with Gasteiger partial charge in [0.05, 0.1) is 16.7 Å². The van der Waals surface area contributed by atoms with Crippen molar-refractivity contribution < 1.29 is 9.84 Å². The SMILES string of the molecule is N#Cc1ccc(C23Oc4cc(Cl)cnc4C2(O)CC(CN2CCCC2)C3c2ccccc2)cc1. The van der Waals surface area contributed by atoms with E-state index in [0.29, 0.717) is 28.5 Å². The molecule has 2 fully saturated rings. The van der Waals surface area contributed by atoms with E-state index in [2.05, 4.69) is 28.1 Å². The molecule has 2 aliphatic heterocycles. The minimum Gasteiger partial charge on any atom is -0.476 e. The van der Waals surface area contributed by atoms with Crippen LogP contribution in [0.25, 0.3) is 0 Å². The van der Waals surface area contributed by atoms with E-state index in [1.807, 2.05) is 30.3 Å². The van der Waals surface area contributed by atoms with Crippen molar-refractivity contribution in [2.24, 2.45) is 5.92 Å². The molecule has 2 aromatic carbocycles. The van der Waals surface area contributed by atoms with Crippen LogP contribution in [0.4, 0.5) is 0 Å². The van der Waals surface area contributed by atoms with Crippen molar-refractivity contribution in [3.63, 3.8) is 0 Å². The van der Waals surface area contributed by atoms with Crippen LogP contribution in [-0.4, -0.2) is 34.6 Å². The van der Waals surface area contributed by atoms with E-state index in [1.165, 1.54) is 12.8 Å². The zero-order chi connectivity index (χ0) is 23.3. The lowest BCUT2D eigenvalue weighted by Gasteiger charge is -2.40. The Labute approximate surface area is 204 Å². The number of hydrogen-bond acceptors (Lipinski definition) is 5. The zero-order valence-corrected chi connectivity index (χ0v) is 19.6. The number of nitrogens with zero attached hydrogens (tertiary/aromatic N) is 3. The molecule has 5 nitrogen and oxygen atoms in total. The minimum absolute atomic E-state index is 0.111. The first-order valence-electron chi connectivity index (χ1n) is 11.9. The predicted octanol–water partition coefficient (Wildman–Crippen LogP) is 4.98. The average Bonchev–Trinajstić information content (AvgIpc) is 3.51. The Morgan fingerprint density at radius 1 is 1.12 bits per heavy atom. The number of halogens is 1. The normalized spacial score (nSPS) is 29.9. The highest BCUT2D eigenvalue weighted by atomic mass is 35.5. The molecular weight excluding hydrogens is 446 g/mol. The average molecular weight is 472 g/mol. The summed E-state index contributed by atoms with van der Waals surface area (Å²) in [5.74, 6) is 0.576. The molecule has 1 N–H and O–H groups in total. The van der Waals surface area contributed by atoms with Crippen LogP contribution in [-0.2, 0) is 11.2 Å². The Bertz CT molecular complexity index is 1250. The summed E-state index contributed by atoms with van der Waals surface area (Å²) in [6.45, 7) is 3.07. The largest absolute Gasteiger partial charge is 0.476 e. The molecular formula is C28H26ClN3O2. The summed E-state index contributed by atoms with van der Waals surface area (Å²) in [7, 11) is 0. The third kappa shape index (κ3) is 3.10. The van der Waals surface area contributed by atoms with Gasteiger partial charge in [-0.05, 0) is 61.5 Å². The molecule has 1 aliphatic carbocycles. The van der Waals surface area contributed by atoms with Crippen LogP contribution in [0.1, 0.15) is 47.6 Å². The van der Waals surface area contributed by atoms with E-state index >= 15 is 0 Å². The summed E-state index contributed by atoms with van der Waals surface area (Å²) in [6, 6.07) is 21.8. The molecule has 4 atom stereocenters. The summed E-state index contributed by atoms with van der Waals surface area (Å²) in [4.78, 5) is 7.11. The number of aliphatic hydroxyl groups is 1. The van der Waals surface area contributed by atoms with E-state index in [9.17, 15) is 10.4 Å². The molecule has 6 heteroatoms. The number of likely N-dealkylation sites (tertiary alicyclic amines) is 1. The number of ether oxygens (including phenoxy) is 1. The standard InChI is InChI=1S/C28H26ClN3O2/c29-23-14-24-26(31-17-23)27(33)15-21(18-32-12-4-5-13-32)25(20-6-2-1-3-7-20)28(27,34-24)22-10-8-19(16-30)9-11-22/h1-3,6-11,14,17,21,25,33H,4-5,12-13,15,18H2. The first-order chi connectivity index (χ1) is 16.5. The summed E-state index contributed by atoms with van der Waals surface area (Å²) < 4.78 is 6.83. The molecule has 0 bridgehead atoms. The molecule has 4 unspecified atom stereocenters. The zero-order valence-electron chi connectivity index (χ0n) is 18.8. The van der Waals surface area contributed by atoms with Crippen molar-refractivity contribution >= 4 is 11.6 Å². The van der Waals surface area contributed by atoms with Crippen LogP contribution in [0.15, 0.2) is 66.9 Å². The molecule has 1 saturated carbocycles. The van der Waals surface area contributed by atoms with Gasteiger partial charge in [0, 0.05) is 24.7 Å². The van der Waals surface area contributed by atoms with E-state index in [4.69, 9.17) is 16.3 Å². The van der Waals surface area contributed by atoms with Crippen molar-refractivity contribution in [1.82, 2.24) is 9.88 Å². The second-order valence-electron chi connectivity index (χ2n) is 9.75. The van der Waals surface area contributed by atoms with Crippen LogP contribution in [0.2, 0.25) is 5.02 Å². The number of fused-ring (bicyclic) bond motifs is 3. The van der Waals surface area contributed by atoms with Gasteiger partial charge in [-0.3, -0.25) is 4.98 Å². The lowest BCUT2D eigenvalue weighted by Crippen LogP contribution is -2.48. The first kappa shape index (κ1) is 21.6. The fourth-order valence-corrected chi connectivity index (χ4v) is 6.69. The van der Waals surface area contributed by atoms with Crippen LogP contribution in [0.3, 0.4) is 0 Å². The summed E-state index contributed by atoms with van der Waals surface area (Å²) in [6.07, 6.45) is 4.55. The van der Waals surface area contributed by atoms with Crippen LogP contribution >= 0.6 is 11.6 Å². The molecule has 0 spiro atoms. The molecule has 3 heterocycles. The fraction of sp³-hybridized carbons (Fsp3) is 0.357. The smallest absolute Gasteiger partial charge is 0.175 e. The Morgan fingerprint density at radius 2 is 1.85 bits per heavy atom. The van der Waals surface area contributed by atoms with Crippen molar-refractivity contribution in [2.75, 3.05) is 19.6 Å². The molecule has 0 radical (unpaired) electrons. The van der Waals surface area contributed by atoms with Gasteiger partial charge < -0.3 is 14.7 Å².